The minimum atomic E-state index is -0.954. The van der Waals surface area contributed by atoms with Crippen molar-refractivity contribution < 1.29 is 14.7 Å². The molecule has 9 heteroatoms. The third-order valence-corrected chi connectivity index (χ3v) is 6.28. The fourth-order valence-electron chi connectivity index (χ4n) is 3.55. The topological polar surface area (TPSA) is 103 Å². The Labute approximate surface area is 170 Å². The number of carbonyl (C=O) groups excluding carboxylic acids is 1. The van der Waals surface area contributed by atoms with Gasteiger partial charge < -0.3 is 20.6 Å². The van der Waals surface area contributed by atoms with Gasteiger partial charge in [0.2, 0.25) is 5.91 Å². The summed E-state index contributed by atoms with van der Waals surface area (Å²) in [5, 5.41) is 8.95. The van der Waals surface area contributed by atoms with Crippen molar-refractivity contribution >= 4 is 29.5 Å². The first-order chi connectivity index (χ1) is 13.5. The molecule has 1 aromatic rings. The zero-order valence-corrected chi connectivity index (χ0v) is 16.9. The molecule has 0 spiro atoms. The fraction of sp³-hybridized carbons (Fsp3) is 0.632. The number of anilines is 1. The largest absolute Gasteiger partial charge is 0.478 e. The Morgan fingerprint density at radius 2 is 1.96 bits per heavy atom. The van der Waals surface area contributed by atoms with Crippen LogP contribution in [-0.4, -0.2) is 88.7 Å². The third-order valence-electron chi connectivity index (χ3n) is 5.31. The molecule has 0 aromatic carbocycles. The van der Waals surface area contributed by atoms with E-state index >= 15 is 0 Å². The van der Waals surface area contributed by atoms with E-state index in [0.717, 1.165) is 76.0 Å². The molecule has 2 saturated heterocycles. The Kier molecular flexibility index (Phi) is 7.52. The maximum Gasteiger partial charge on any atom is 0.337 e. The highest BCUT2D eigenvalue weighted by Gasteiger charge is 2.24. The second-order valence-corrected chi connectivity index (χ2v) is 8.35. The number of hydrogen-bond acceptors (Lipinski definition) is 7. The molecule has 2 fully saturated rings. The van der Waals surface area contributed by atoms with Crippen LogP contribution in [0.25, 0.3) is 0 Å². The van der Waals surface area contributed by atoms with Gasteiger partial charge in [0.15, 0.2) is 0 Å². The highest BCUT2D eigenvalue weighted by molar-refractivity contribution is 7.99. The highest BCUT2D eigenvalue weighted by Crippen LogP contribution is 2.16. The Hall–Kier alpha value is -1.84. The van der Waals surface area contributed by atoms with Crippen LogP contribution in [0.4, 0.5) is 5.82 Å². The number of nitrogens with two attached hydrogens (primary N) is 1. The van der Waals surface area contributed by atoms with Crippen molar-refractivity contribution in [3.05, 3.63) is 23.9 Å². The zero-order valence-electron chi connectivity index (χ0n) is 16.1. The first-order valence-electron chi connectivity index (χ1n) is 9.83. The molecule has 2 aliphatic rings. The van der Waals surface area contributed by atoms with Crippen LogP contribution in [0.2, 0.25) is 0 Å². The van der Waals surface area contributed by atoms with E-state index in [2.05, 4.69) is 14.8 Å². The third kappa shape index (κ3) is 5.59. The monoisotopic (exact) mass is 407 g/mol. The normalized spacial score (nSPS) is 19.0. The van der Waals surface area contributed by atoms with Crippen LogP contribution in [0.5, 0.6) is 0 Å². The van der Waals surface area contributed by atoms with Gasteiger partial charge in [-0.25, -0.2) is 9.78 Å². The zero-order chi connectivity index (χ0) is 19.9. The maximum absolute atomic E-state index is 12.2. The van der Waals surface area contributed by atoms with Gasteiger partial charge in [0.05, 0.1) is 17.5 Å². The number of thioether (sulfide) groups is 1. The number of amides is 1. The van der Waals surface area contributed by atoms with E-state index < -0.39 is 5.97 Å². The van der Waals surface area contributed by atoms with Gasteiger partial charge in [-0.05, 0) is 31.5 Å². The van der Waals surface area contributed by atoms with Crippen molar-refractivity contribution in [2.45, 2.75) is 25.3 Å². The molecule has 0 bridgehead atoms. The summed E-state index contributed by atoms with van der Waals surface area (Å²) in [6.45, 7) is 5.51. The van der Waals surface area contributed by atoms with Crippen molar-refractivity contribution in [2.24, 2.45) is 5.73 Å². The van der Waals surface area contributed by atoms with E-state index in [1.165, 1.54) is 6.20 Å². The number of pyridine rings is 1. The average Bonchev–Trinajstić information content (AvgIpc) is 3.26. The first kappa shape index (κ1) is 20.9. The molecule has 3 N–H and O–H groups in total. The van der Waals surface area contributed by atoms with Gasteiger partial charge in [0, 0.05) is 44.7 Å². The first-order valence-corrected chi connectivity index (χ1v) is 11.0. The maximum atomic E-state index is 12.2. The van der Waals surface area contributed by atoms with Crippen LogP contribution in [0.3, 0.4) is 0 Å². The van der Waals surface area contributed by atoms with Gasteiger partial charge in [-0.3, -0.25) is 9.69 Å². The minimum Gasteiger partial charge on any atom is -0.478 e. The van der Waals surface area contributed by atoms with Crippen molar-refractivity contribution in [1.29, 1.82) is 0 Å². The quantitative estimate of drug-likeness (QED) is 0.614. The van der Waals surface area contributed by atoms with E-state index in [1.54, 1.807) is 23.9 Å². The predicted molar refractivity (Wildman–Crippen MR) is 111 cm³/mol. The molecule has 1 aromatic heterocycles. The van der Waals surface area contributed by atoms with Crippen LogP contribution in [0, 0.1) is 0 Å². The molecule has 8 nitrogen and oxygen atoms in total. The van der Waals surface area contributed by atoms with Crippen LogP contribution in [0.15, 0.2) is 18.3 Å². The summed E-state index contributed by atoms with van der Waals surface area (Å²) >= 11 is 1.78. The average molecular weight is 408 g/mol. The number of hydrogen-bond donors (Lipinski definition) is 2. The summed E-state index contributed by atoms with van der Waals surface area (Å²) < 4.78 is 0. The molecule has 28 heavy (non-hydrogen) atoms. The van der Waals surface area contributed by atoms with Crippen molar-refractivity contribution in [1.82, 2.24) is 14.8 Å². The summed E-state index contributed by atoms with van der Waals surface area (Å²) in [5.74, 6) is 1.77. The van der Waals surface area contributed by atoms with Crippen molar-refractivity contribution in [3.63, 3.8) is 0 Å². The van der Waals surface area contributed by atoms with Crippen molar-refractivity contribution in [3.8, 4) is 0 Å². The molecule has 0 radical (unpaired) electrons. The summed E-state index contributed by atoms with van der Waals surface area (Å²) in [6, 6.07) is 3.01. The Bertz CT molecular complexity index is 658. The molecule has 1 unspecified atom stereocenters. The Morgan fingerprint density at radius 3 is 2.57 bits per heavy atom. The SMILES string of the molecule is NC(CCCCN1CCN(c2ccc(C(=O)O)cn2)CC1)C(=O)N1CCSC1. The summed E-state index contributed by atoms with van der Waals surface area (Å²) in [7, 11) is 0. The standard InChI is InChI=1S/C19H29N5O3S/c20-16(18(25)24-11-12-28-14-24)3-1-2-6-22-7-9-23(10-8-22)17-5-4-15(13-21-17)19(26)27/h4-5,13,16H,1-3,6-12,14,20H2,(H,26,27). The van der Waals surface area contributed by atoms with E-state index in [9.17, 15) is 9.59 Å². The lowest BCUT2D eigenvalue weighted by Crippen LogP contribution is -2.47. The molecule has 3 heterocycles. The molecule has 1 atom stereocenters. The predicted octanol–water partition coefficient (Wildman–Crippen LogP) is 0.932. The second kappa shape index (κ2) is 10.1. The lowest BCUT2D eigenvalue weighted by Gasteiger charge is -2.35. The molecular formula is C19H29N5O3S. The molecular weight excluding hydrogens is 378 g/mol. The van der Waals surface area contributed by atoms with Gasteiger partial charge in [0.25, 0.3) is 0 Å². The summed E-state index contributed by atoms with van der Waals surface area (Å²) in [6.07, 6.45) is 4.17. The van der Waals surface area contributed by atoms with Crippen LogP contribution < -0.4 is 10.6 Å². The summed E-state index contributed by atoms with van der Waals surface area (Å²) in [4.78, 5) is 33.9. The van der Waals surface area contributed by atoms with Gasteiger partial charge in [-0.15, -0.1) is 11.8 Å². The number of aromatic nitrogens is 1. The molecule has 3 rings (SSSR count). The molecule has 2 aliphatic heterocycles. The van der Waals surface area contributed by atoms with Crippen LogP contribution >= 0.6 is 11.8 Å². The van der Waals surface area contributed by atoms with Gasteiger partial charge in [-0.2, -0.15) is 0 Å². The fourth-order valence-corrected chi connectivity index (χ4v) is 4.50. The Morgan fingerprint density at radius 1 is 1.18 bits per heavy atom. The molecule has 1 amide bonds. The van der Waals surface area contributed by atoms with Gasteiger partial charge in [-0.1, -0.05) is 6.42 Å². The lowest BCUT2D eigenvalue weighted by atomic mass is 10.1. The van der Waals surface area contributed by atoms with Crippen LogP contribution in [-0.2, 0) is 4.79 Å². The molecule has 0 saturated carbocycles. The van der Waals surface area contributed by atoms with Gasteiger partial charge in [0.1, 0.15) is 5.82 Å². The number of unbranched alkanes of at least 4 members (excludes halogenated alkanes) is 1. The number of rotatable bonds is 8. The number of aromatic carboxylic acids is 1. The lowest BCUT2D eigenvalue weighted by molar-refractivity contribution is -0.131. The van der Waals surface area contributed by atoms with Crippen molar-refractivity contribution in [2.75, 3.05) is 55.8 Å². The summed E-state index contributed by atoms with van der Waals surface area (Å²) in [5.41, 5.74) is 6.27. The highest BCUT2D eigenvalue weighted by atomic mass is 32.2. The smallest absolute Gasteiger partial charge is 0.337 e. The van der Waals surface area contributed by atoms with E-state index in [0.29, 0.717) is 0 Å². The van der Waals surface area contributed by atoms with E-state index in [1.807, 2.05) is 4.90 Å². The van der Waals surface area contributed by atoms with Crippen LogP contribution in [0.1, 0.15) is 29.6 Å². The number of carboxylic acid groups (broad SMARTS) is 1. The van der Waals surface area contributed by atoms with E-state index in [4.69, 9.17) is 10.8 Å². The number of carbonyl (C=O) groups is 2. The van der Waals surface area contributed by atoms with Gasteiger partial charge >= 0.3 is 5.97 Å². The Balaban J connectivity index is 1.32. The molecule has 0 aliphatic carbocycles. The number of carboxylic acids is 1. The van der Waals surface area contributed by atoms with E-state index in [-0.39, 0.29) is 17.5 Å². The number of piperazine rings is 1. The number of nitrogens with zero attached hydrogens (tertiary/aromatic N) is 4. The molecule has 154 valence electrons. The minimum absolute atomic E-state index is 0.0973. The second-order valence-electron chi connectivity index (χ2n) is 7.28.